The smallest absolute Gasteiger partial charge is 0.207 e. The standard InChI is InChI=1S/C8H9F2NO2/c9-7-2-1-3-8(10,6-7)4-5-11(12)13/h1-3H,4-6H2. The minimum absolute atomic E-state index is 0.280. The molecule has 0 heterocycles. The normalized spacial score (nSPS) is 27.1. The molecule has 13 heavy (non-hydrogen) atoms. The predicted octanol–water partition coefficient (Wildman–Crippen LogP) is 2.17. The van der Waals surface area contributed by atoms with Crippen LogP contribution in [0.5, 0.6) is 0 Å². The predicted molar refractivity (Wildman–Crippen MR) is 43.3 cm³/mol. The van der Waals surface area contributed by atoms with E-state index in [1.54, 1.807) is 0 Å². The second-order valence-electron chi connectivity index (χ2n) is 2.99. The van der Waals surface area contributed by atoms with Gasteiger partial charge in [-0.25, -0.2) is 8.78 Å². The summed E-state index contributed by atoms with van der Waals surface area (Å²) >= 11 is 0. The van der Waals surface area contributed by atoms with E-state index in [4.69, 9.17) is 0 Å². The quantitative estimate of drug-likeness (QED) is 0.504. The molecule has 5 heteroatoms. The molecule has 72 valence electrons. The monoisotopic (exact) mass is 189 g/mol. The molecule has 1 aliphatic rings. The Balaban J connectivity index is 2.53. The van der Waals surface area contributed by atoms with E-state index in [1.807, 2.05) is 0 Å². The summed E-state index contributed by atoms with van der Waals surface area (Å²) < 4.78 is 26.1. The SMILES string of the molecule is O=[N+]([O-])CCC1(F)C=CC=C(F)C1. The summed E-state index contributed by atoms with van der Waals surface area (Å²) in [6, 6.07) is 0. The molecular weight excluding hydrogens is 180 g/mol. The van der Waals surface area contributed by atoms with Gasteiger partial charge in [0.05, 0.1) is 6.42 Å². The highest BCUT2D eigenvalue weighted by Crippen LogP contribution is 2.30. The molecule has 0 aromatic heterocycles. The lowest BCUT2D eigenvalue weighted by Gasteiger charge is -2.20. The van der Waals surface area contributed by atoms with Crippen LogP contribution in [0.25, 0.3) is 0 Å². The molecule has 0 radical (unpaired) electrons. The van der Waals surface area contributed by atoms with Crippen molar-refractivity contribution in [3.05, 3.63) is 34.2 Å². The molecule has 0 amide bonds. The van der Waals surface area contributed by atoms with Crippen LogP contribution < -0.4 is 0 Å². The van der Waals surface area contributed by atoms with E-state index in [2.05, 4.69) is 0 Å². The van der Waals surface area contributed by atoms with Gasteiger partial charge in [-0.15, -0.1) is 0 Å². The molecule has 1 rings (SSSR count). The Bertz CT molecular complexity index is 275. The van der Waals surface area contributed by atoms with Crippen LogP contribution in [0.3, 0.4) is 0 Å². The highest BCUT2D eigenvalue weighted by molar-refractivity contribution is 5.21. The molecule has 0 bridgehead atoms. The summed E-state index contributed by atoms with van der Waals surface area (Å²) in [4.78, 5) is 9.37. The largest absolute Gasteiger partial charge is 0.265 e. The van der Waals surface area contributed by atoms with Crippen molar-refractivity contribution in [1.82, 2.24) is 0 Å². The number of halogens is 2. The zero-order chi connectivity index (χ0) is 9.90. The molecule has 0 aromatic carbocycles. The Morgan fingerprint density at radius 3 is 2.92 bits per heavy atom. The average Bonchev–Trinajstić information content (AvgIpc) is 2.01. The summed E-state index contributed by atoms with van der Waals surface area (Å²) in [5, 5.41) is 9.97. The van der Waals surface area contributed by atoms with Crippen molar-refractivity contribution < 1.29 is 13.7 Å². The second kappa shape index (κ2) is 3.64. The van der Waals surface area contributed by atoms with E-state index >= 15 is 0 Å². The topological polar surface area (TPSA) is 43.1 Å². The Morgan fingerprint density at radius 2 is 2.38 bits per heavy atom. The number of alkyl halides is 1. The number of allylic oxidation sites excluding steroid dienone is 4. The first kappa shape index (κ1) is 9.83. The number of rotatable bonds is 3. The van der Waals surface area contributed by atoms with E-state index in [0.717, 1.165) is 6.08 Å². The van der Waals surface area contributed by atoms with Crippen LogP contribution in [0.2, 0.25) is 0 Å². The average molecular weight is 189 g/mol. The number of nitrogens with zero attached hydrogens (tertiary/aromatic N) is 1. The lowest BCUT2D eigenvalue weighted by Crippen LogP contribution is -2.25. The molecule has 0 N–H and O–H groups in total. The zero-order valence-corrected chi connectivity index (χ0v) is 6.87. The van der Waals surface area contributed by atoms with E-state index < -0.39 is 29.4 Å². The maximum atomic E-state index is 13.5. The van der Waals surface area contributed by atoms with E-state index in [-0.39, 0.29) is 6.42 Å². The summed E-state index contributed by atoms with van der Waals surface area (Å²) in [5.74, 6) is -0.576. The maximum absolute atomic E-state index is 13.5. The van der Waals surface area contributed by atoms with Gasteiger partial charge in [0.2, 0.25) is 6.54 Å². The molecule has 0 aliphatic heterocycles. The molecule has 1 atom stereocenters. The zero-order valence-electron chi connectivity index (χ0n) is 6.87. The highest BCUT2D eigenvalue weighted by Gasteiger charge is 2.31. The fraction of sp³-hybridized carbons (Fsp3) is 0.500. The van der Waals surface area contributed by atoms with Crippen molar-refractivity contribution in [2.45, 2.75) is 18.5 Å². The fourth-order valence-electron chi connectivity index (χ4n) is 1.17. The van der Waals surface area contributed by atoms with Gasteiger partial charge in [0.15, 0.2) is 0 Å². The van der Waals surface area contributed by atoms with Crippen molar-refractivity contribution in [2.75, 3.05) is 6.54 Å². The Labute approximate surface area is 73.9 Å². The van der Waals surface area contributed by atoms with Gasteiger partial charge in [-0.05, 0) is 12.2 Å². The van der Waals surface area contributed by atoms with Gasteiger partial charge in [0, 0.05) is 11.3 Å². The van der Waals surface area contributed by atoms with Crippen LogP contribution in [0.15, 0.2) is 24.1 Å². The third kappa shape index (κ3) is 2.93. The van der Waals surface area contributed by atoms with Gasteiger partial charge in [0.25, 0.3) is 0 Å². The molecule has 0 aromatic rings. The first-order valence-corrected chi connectivity index (χ1v) is 3.86. The van der Waals surface area contributed by atoms with Crippen LogP contribution in [-0.2, 0) is 0 Å². The van der Waals surface area contributed by atoms with Crippen LogP contribution in [-0.4, -0.2) is 17.1 Å². The van der Waals surface area contributed by atoms with Crippen molar-refractivity contribution in [2.24, 2.45) is 0 Å². The fourth-order valence-corrected chi connectivity index (χ4v) is 1.17. The lowest BCUT2D eigenvalue weighted by molar-refractivity contribution is -0.482. The number of nitro groups is 1. The van der Waals surface area contributed by atoms with Crippen LogP contribution in [0.1, 0.15) is 12.8 Å². The Hall–Kier alpha value is -1.26. The third-order valence-corrected chi connectivity index (χ3v) is 1.84. The van der Waals surface area contributed by atoms with Gasteiger partial charge in [-0.3, -0.25) is 10.1 Å². The summed E-state index contributed by atoms with van der Waals surface area (Å²) in [6.07, 6.45) is 2.90. The van der Waals surface area contributed by atoms with Crippen LogP contribution in [0.4, 0.5) is 8.78 Å². The molecule has 3 nitrogen and oxygen atoms in total. The Kier molecular flexibility index (Phi) is 2.75. The van der Waals surface area contributed by atoms with Gasteiger partial charge in [-0.2, -0.15) is 0 Å². The van der Waals surface area contributed by atoms with E-state index in [0.29, 0.717) is 0 Å². The summed E-state index contributed by atoms with van der Waals surface area (Å²) in [6.45, 7) is -0.478. The van der Waals surface area contributed by atoms with Gasteiger partial charge < -0.3 is 0 Å². The van der Waals surface area contributed by atoms with Crippen molar-refractivity contribution in [1.29, 1.82) is 0 Å². The number of hydrogen-bond donors (Lipinski definition) is 0. The molecule has 1 aliphatic carbocycles. The molecule has 0 spiro atoms. The molecule has 1 unspecified atom stereocenters. The molecule has 0 saturated carbocycles. The summed E-state index contributed by atoms with van der Waals surface area (Å²) in [5.41, 5.74) is -1.88. The van der Waals surface area contributed by atoms with Crippen molar-refractivity contribution in [3.63, 3.8) is 0 Å². The van der Waals surface area contributed by atoms with E-state index in [9.17, 15) is 18.9 Å². The van der Waals surface area contributed by atoms with Gasteiger partial charge in [0.1, 0.15) is 11.5 Å². The van der Waals surface area contributed by atoms with Crippen molar-refractivity contribution in [3.8, 4) is 0 Å². The second-order valence-corrected chi connectivity index (χ2v) is 2.99. The molecule has 0 saturated heterocycles. The van der Waals surface area contributed by atoms with E-state index in [1.165, 1.54) is 12.2 Å². The van der Waals surface area contributed by atoms with Crippen molar-refractivity contribution >= 4 is 0 Å². The molecular formula is C8H9F2NO2. The summed E-state index contributed by atoms with van der Waals surface area (Å²) in [7, 11) is 0. The van der Waals surface area contributed by atoms with Crippen LogP contribution >= 0.6 is 0 Å². The minimum Gasteiger partial charge on any atom is -0.265 e. The van der Waals surface area contributed by atoms with Crippen LogP contribution in [0, 0.1) is 10.1 Å². The first-order valence-electron chi connectivity index (χ1n) is 3.86. The number of hydrogen-bond acceptors (Lipinski definition) is 2. The van der Waals surface area contributed by atoms with Gasteiger partial charge in [-0.1, -0.05) is 6.08 Å². The molecule has 0 fully saturated rings. The lowest BCUT2D eigenvalue weighted by atomic mass is 9.93. The minimum atomic E-state index is -1.88. The maximum Gasteiger partial charge on any atom is 0.207 e. The highest BCUT2D eigenvalue weighted by atomic mass is 19.1. The van der Waals surface area contributed by atoms with Gasteiger partial charge >= 0.3 is 0 Å². The third-order valence-electron chi connectivity index (χ3n) is 1.84. The first-order chi connectivity index (χ1) is 6.02. The Morgan fingerprint density at radius 1 is 1.69 bits per heavy atom.